The Morgan fingerprint density at radius 2 is 1.62 bits per heavy atom. The van der Waals surface area contributed by atoms with Crippen LogP contribution in [0, 0.1) is 0 Å². The van der Waals surface area contributed by atoms with Crippen LogP contribution in [0.2, 0.25) is 0 Å². The largest absolute Gasteiger partial charge is 0.336 e. The molecule has 26 heavy (non-hydrogen) atoms. The summed E-state index contributed by atoms with van der Waals surface area (Å²) in [6, 6.07) is 3.42. The fraction of sp³-hybridized carbons (Fsp3) is 0.706. The molecular weight excluding hydrogens is 438 g/mol. The van der Waals surface area contributed by atoms with Crippen LogP contribution in [0.5, 0.6) is 0 Å². The zero-order valence-electron chi connectivity index (χ0n) is 16.0. The molecule has 1 saturated heterocycles. The number of carbonyl (C=O) groups is 1. The van der Waals surface area contributed by atoms with Gasteiger partial charge in [-0.05, 0) is 62.7 Å². The molecule has 1 aliphatic rings. The third-order valence-corrected chi connectivity index (χ3v) is 8.68. The van der Waals surface area contributed by atoms with Gasteiger partial charge in [-0.25, -0.2) is 8.42 Å². The predicted octanol–water partition coefficient (Wildman–Crippen LogP) is 2.85. The summed E-state index contributed by atoms with van der Waals surface area (Å²) in [5.74, 6) is 0.105. The zero-order valence-corrected chi connectivity index (χ0v) is 19.2. The number of hydrogen-bond acceptors (Lipinski definition) is 5. The monoisotopic (exact) mass is 465 g/mol. The first kappa shape index (κ1) is 21.8. The van der Waals surface area contributed by atoms with E-state index in [1.807, 2.05) is 39.5 Å². The van der Waals surface area contributed by atoms with Crippen molar-refractivity contribution in [3.63, 3.8) is 0 Å². The molecule has 0 spiro atoms. The maximum atomic E-state index is 12.9. The number of nitrogens with zero attached hydrogens (tertiary/aromatic N) is 3. The van der Waals surface area contributed by atoms with E-state index < -0.39 is 10.0 Å². The Hall–Kier alpha value is -0.480. The van der Waals surface area contributed by atoms with E-state index in [4.69, 9.17) is 0 Å². The van der Waals surface area contributed by atoms with Crippen molar-refractivity contribution >= 4 is 43.2 Å². The highest BCUT2D eigenvalue weighted by atomic mass is 79.9. The molecule has 0 aromatic carbocycles. The van der Waals surface area contributed by atoms with Gasteiger partial charge in [0.2, 0.25) is 5.91 Å². The maximum Gasteiger partial charge on any atom is 0.252 e. The van der Waals surface area contributed by atoms with Crippen molar-refractivity contribution in [3.05, 3.63) is 15.9 Å². The van der Waals surface area contributed by atoms with E-state index in [1.54, 1.807) is 12.1 Å². The van der Waals surface area contributed by atoms with E-state index in [2.05, 4.69) is 20.8 Å². The smallest absolute Gasteiger partial charge is 0.252 e. The van der Waals surface area contributed by atoms with Crippen molar-refractivity contribution in [2.24, 2.45) is 0 Å². The van der Waals surface area contributed by atoms with Gasteiger partial charge in [-0.3, -0.25) is 9.69 Å². The molecule has 2 heterocycles. The van der Waals surface area contributed by atoms with E-state index in [-0.39, 0.29) is 24.0 Å². The van der Waals surface area contributed by atoms with Gasteiger partial charge in [0.1, 0.15) is 4.21 Å². The molecule has 148 valence electrons. The third-order valence-electron chi connectivity index (χ3n) is 4.69. The highest BCUT2D eigenvalue weighted by Crippen LogP contribution is 2.29. The summed E-state index contributed by atoms with van der Waals surface area (Å²) in [4.78, 5) is 16.9. The molecule has 1 unspecified atom stereocenters. The predicted molar refractivity (Wildman–Crippen MR) is 109 cm³/mol. The number of rotatable bonds is 6. The number of piperazine rings is 1. The van der Waals surface area contributed by atoms with Gasteiger partial charge in [0, 0.05) is 38.3 Å². The molecule has 0 N–H and O–H groups in total. The average molecular weight is 466 g/mol. The molecule has 6 nitrogen and oxygen atoms in total. The highest BCUT2D eigenvalue weighted by molar-refractivity contribution is 9.11. The highest BCUT2D eigenvalue weighted by Gasteiger charge is 2.34. The van der Waals surface area contributed by atoms with Crippen LogP contribution in [-0.4, -0.2) is 72.7 Å². The second-order valence-corrected chi connectivity index (χ2v) is 11.7. The molecule has 1 atom stereocenters. The Balaban J connectivity index is 2.02. The Labute approximate surface area is 169 Å². The first-order chi connectivity index (χ1) is 12.1. The summed E-state index contributed by atoms with van der Waals surface area (Å²) >= 11 is 4.54. The number of thiophene rings is 1. The summed E-state index contributed by atoms with van der Waals surface area (Å²) in [6.07, 6.45) is 0. The van der Waals surface area contributed by atoms with Crippen LogP contribution in [0.25, 0.3) is 0 Å². The summed E-state index contributed by atoms with van der Waals surface area (Å²) in [6.45, 7) is 11.9. The molecule has 1 aromatic rings. The molecule has 0 aliphatic carbocycles. The van der Waals surface area contributed by atoms with Crippen LogP contribution in [0.3, 0.4) is 0 Å². The zero-order chi connectivity index (χ0) is 19.6. The lowest BCUT2D eigenvalue weighted by atomic mass is 10.1. The van der Waals surface area contributed by atoms with Gasteiger partial charge in [-0.15, -0.1) is 11.3 Å². The van der Waals surface area contributed by atoms with Gasteiger partial charge in [0.25, 0.3) is 10.0 Å². The van der Waals surface area contributed by atoms with Crippen molar-refractivity contribution in [1.29, 1.82) is 0 Å². The van der Waals surface area contributed by atoms with Gasteiger partial charge >= 0.3 is 0 Å². The number of halogens is 1. The van der Waals surface area contributed by atoms with Gasteiger partial charge in [0.15, 0.2) is 0 Å². The Morgan fingerprint density at radius 1 is 1.08 bits per heavy atom. The fourth-order valence-corrected chi connectivity index (χ4v) is 6.96. The first-order valence-corrected chi connectivity index (χ1v) is 11.9. The lowest BCUT2D eigenvalue weighted by molar-refractivity contribution is -0.140. The summed E-state index contributed by atoms with van der Waals surface area (Å²) in [5, 5.41) is 0. The number of carbonyl (C=O) groups excluding carboxylic acids is 1. The lowest BCUT2D eigenvalue weighted by Crippen LogP contribution is -2.57. The molecule has 0 bridgehead atoms. The molecule has 1 fully saturated rings. The van der Waals surface area contributed by atoms with E-state index in [1.165, 1.54) is 15.6 Å². The number of hydrogen-bond donors (Lipinski definition) is 0. The van der Waals surface area contributed by atoms with Crippen LogP contribution in [0.15, 0.2) is 20.1 Å². The summed E-state index contributed by atoms with van der Waals surface area (Å²) in [5.41, 5.74) is 0. The summed E-state index contributed by atoms with van der Waals surface area (Å²) in [7, 11) is -3.45. The Bertz CT molecular complexity index is 717. The van der Waals surface area contributed by atoms with E-state index in [0.717, 1.165) is 3.79 Å². The molecule has 0 saturated carbocycles. The van der Waals surface area contributed by atoms with Crippen molar-refractivity contribution in [1.82, 2.24) is 14.1 Å². The van der Waals surface area contributed by atoms with Crippen molar-refractivity contribution in [2.75, 3.05) is 26.2 Å². The fourth-order valence-electron chi connectivity index (χ4n) is 3.37. The lowest BCUT2D eigenvalue weighted by Gasteiger charge is -2.40. The second kappa shape index (κ2) is 8.68. The van der Waals surface area contributed by atoms with Gasteiger partial charge in [-0.1, -0.05) is 0 Å². The minimum Gasteiger partial charge on any atom is -0.336 e. The molecule has 1 aromatic heterocycles. The molecular formula is C17H28BrN3O3S2. The minimum atomic E-state index is -3.45. The Kier molecular flexibility index (Phi) is 7.29. The maximum absolute atomic E-state index is 12.9. The van der Waals surface area contributed by atoms with Crippen molar-refractivity contribution < 1.29 is 13.2 Å². The van der Waals surface area contributed by atoms with Crippen LogP contribution in [0.4, 0.5) is 0 Å². The van der Waals surface area contributed by atoms with Gasteiger partial charge in [-0.2, -0.15) is 4.31 Å². The standard InChI is InChI=1S/C17H28BrN3O3S2/c1-12(2)21(13(3)4)17(22)14(5)19-8-10-20(11-9-19)26(23,24)16-7-6-15(18)25-16/h6-7,12-14H,8-11H2,1-5H3. The first-order valence-electron chi connectivity index (χ1n) is 8.87. The molecule has 1 aliphatic heterocycles. The van der Waals surface area contributed by atoms with Gasteiger partial charge < -0.3 is 4.90 Å². The number of sulfonamides is 1. The Morgan fingerprint density at radius 3 is 2.04 bits per heavy atom. The third kappa shape index (κ3) is 4.67. The molecule has 0 radical (unpaired) electrons. The van der Waals surface area contributed by atoms with Crippen LogP contribution < -0.4 is 0 Å². The van der Waals surface area contributed by atoms with Crippen LogP contribution in [0.1, 0.15) is 34.6 Å². The van der Waals surface area contributed by atoms with Crippen molar-refractivity contribution in [3.8, 4) is 0 Å². The quantitative estimate of drug-likeness (QED) is 0.647. The molecule has 2 rings (SSSR count). The average Bonchev–Trinajstić information content (AvgIpc) is 3.01. The van der Waals surface area contributed by atoms with E-state index in [9.17, 15) is 13.2 Å². The number of amides is 1. The minimum absolute atomic E-state index is 0.105. The second-order valence-electron chi connectivity index (χ2n) is 7.11. The van der Waals surface area contributed by atoms with Crippen LogP contribution >= 0.6 is 27.3 Å². The SMILES string of the molecule is CC(C(=O)N(C(C)C)C(C)C)N1CCN(S(=O)(=O)c2ccc(Br)s2)CC1. The molecule has 1 amide bonds. The van der Waals surface area contributed by atoms with E-state index in [0.29, 0.717) is 30.4 Å². The summed E-state index contributed by atoms with van der Waals surface area (Å²) < 4.78 is 28.1. The van der Waals surface area contributed by atoms with E-state index >= 15 is 0 Å². The normalized spacial score (nSPS) is 18.5. The van der Waals surface area contributed by atoms with Gasteiger partial charge in [0.05, 0.1) is 9.83 Å². The van der Waals surface area contributed by atoms with Crippen LogP contribution in [-0.2, 0) is 14.8 Å². The topological polar surface area (TPSA) is 60.9 Å². The molecule has 9 heteroatoms. The van der Waals surface area contributed by atoms with Crippen molar-refractivity contribution in [2.45, 2.75) is 57.0 Å².